The summed E-state index contributed by atoms with van der Waals surface area (Å²) in [6.45, 7) is 0. The summed E-state index contributed by atoms with van der Waals surface area (Å²) in [5, 5.41) is 4.63. The molecule has 3 heterocycles. The van der Waals surface area contributed by atoms with Crippen molar-refractivity contribution < 1.29 is 18.4 Å². The van der Waals surface area contributed by atoms with Crippen LogP contribution in [0, 0.1) is 0 Å². The van der Waals surface area contributed by atoms with Gasteiger partial charge < -0.3 is 14.2 Å². The number of nitrogens with zero attached hydrogens (tertiary/aromatic N) is 1. The van der Waals surface area contributed by atoms with Crippen molar-refractivity contribution in [2.24, 2.45) is 0 Å². The molecule has 0 radical (unpaired) electrons. The van der Waals surface area contributed by atoms with E-state index in [0.717, 1.165) is 5.01 Å². The van der Waals surface area contributed by atoms with Gasteiger partial charge in [-0.25, -0.2) is 5.01 Å². The van der Waals surface area contributed by atoms with Crippen LogP contribution in [0.3, 0.4) is 0 Å². The summed E-state index contributed by atoms with van der Waals surface area (Å²) in [4.78, 5) is 38.9. The van der Waals surface area contributed by atoms with Crippen molar-refractivity contribution in [3.63, 3.8) is 0 Å². The van der Waals surface area contributed by atoms with Crippen molar-refractivity contribution in [2.75, 3.05) is 5.32 Å². The van der Waals surface area contributed by atoms with Crippen molar-refractivity contribution in [2.45, 2.75) is 6.17 Å². The summed E-state index contributed by atoms with van der Waals surface area (Å²) in [6, 6.07) is 15.2. The average molecular weight is 401 g/mol. The highest BCUT2D eigenvalue weighted by molar-refractivity contribution is 6.04. The van der Waals surface area contributed by atoms with E-state index in [1.165, 1.54) is 24.9 Å². The second-order valence-electron chi connectivity index (χ2n) is 6.74. The lowest BCUT2D eigenvalue weighted by Crippen LogP contribution is -2.53. The Labute approximate surface area is 169 Å². The van der Waals surface area contributed by atoms with Gasteiger partial charge in [0.2, 0.25) is 0 Å². The Balaban J connectivity index is 1.62. The van der Waals surface area contributed by atoms with Gasteiger partial charge in [-0.15, -0.1) is 0 Å². The lowest BCUT2D eigenvalue weighted by Gasteiger charge is -2.37. The van der Waals surface area contributed by atoms with Gasteiger partial charge in [0, 0.05) is 5.69 Å². The number of benzene rings is 2. The fourth-order valence-electron chi connectivity index (χ4n) is 3.44. The number of carbonyl (C=O) groups excluding carboxylic acids is 2. The van der Waals surface area contributed by atoms with E-state index in [1.807, 2.05) is 0 Å². The lowest BCUT2D eigenvalue weighted by molar-refractivity contribution is 0.0488. The summed E-state index contributed by atoms with van der Waals surface area (Å²) >= 11 is 0. The summed E-state index contributed by atoms with van der Waals surface area (Å²) in [7, 11) is 0. The van der Waals surface area contributed by atoms with Crippen LogP contribution in [0.4, 0.5) is 5.69 Å². The molecule has 4 aromatic rings. The molecule has 1 unspecified atom stereocenters. The fraction of sp³-hybridized carbons (Fsp3) is 0.0455. The monoisotopic (exact) mass is 401 g/mol. The first-order chi connectivity index (χ1) is 14.6. The van der Waals surface area contributed by atoms with Crippen LogP contribution < -0.4 is 16.2 Å². The van der Waals surface area contributed by atoms with Crippen LogP contribution in [0.5, 0.6) is 0 Å². The maximum absolute atomic E-state index is 13.2. The van der Waals surface area contributed by atoms with E-state index in [-0.39, 0.29) is 16.6 Å². The quantitative estimate of drug-likeness (QED) is 0.546. The molecule has 148 valence electrons. The molecule has 2 N–H and O–H groups in total. The van der Waals surface area contributed by atoms with Crippen LogP contribution in [0.1, 0.15) is 32.4 Å². The molecular weight excluding hydrogens is 386 g/mol. The number of carbonyl (C=O) groups is 2. The Bertz CT molecular complexity index is 1330. The highest BCUT2D eigenvalue weighted by Gasteiger charge is 2.36. The molecule has 0 saturated carbocycles. The van der Waals surface area contributed by atoms with Crippen LogP contribution in [0.15, 0.2) is 87.0 Å². The number of amides is 2. The predicted molar refractivity (Wildman–Crippen MR) is 108 cm³/mol. The molecular formula is C22H15N3O5. The summed E-state index contributed by atoms with van der Waals surface area (Å²) in [5.74, 6) is -1.01. The second kappa shape index (κ2) is 6.93. The number of furan rings is 1. The molecule has 0 fully saturated rings. The highest BCUT2D eigenvalue weighted by atomic mass is 16.3. The van der Waals surface area contributed by atoms with E-state index in [9.17, 15) is 14.4 Å². The van der Waals surface area contributed by atoms with Gasteiger partial charge >= 0.3 is 0 Å². The third-order valence-electron chi connectivity index (χ3n) is 4.93. The molecule has 8 nitrogen and oxygen atoms in total. The minimum atomic E-state index is -0.968. The van der Waals surface area contributed by atoms with Crippen LogP contribution in [0.2, 0.25) is 0 Å². The van der Waals surface area contributed by atoms with Gasteiger partial charge in [0.05, 0.1) is 28.3 Å². The molecule has 1 aliphatic heterocycles. The smallest absolute Gasteiger partial charge is 0.276 e. The molecule has 0 aliphatic carbocycles. The fourth-order valence-corrected chi connectivity index (χ4v) is 3.44. The van der Waals surface area contributed by atoms with Gasteiger partial charge in [0.1, 0.15) is 18.1 Å². The third kappa shape index (κ3) is 2.82. The summed E-state index contributed by atoms with van der Waals surface area (Å²) in [5.41, 5.74) is 4.05. The normalized spacial score (nSPS) is 15.5. The van der Waals surface area contributed by atoms with E-state index in [1.54, 1.807) is 48.5 Å². The minimum absolute atomic E-state index is 0.184. The molecule has 0 bridgehead atoms. The number of hydrogen-bond donors (Lipinski definition) is 2. The maximum Gasteiger partial charge on any atom is 0.276 e. The maximum atomic E-state index is 13.2. The van der Waals surface area contributed by atoms with Gasteiger partial charge in [0.25, 0.3) is 11.8 Å². The number of para-hydroxylation sites is 2. The summed E-state index contributed by atoms with van der Waals surface area (Å²) < 4.78 is 10.6. The molecule has 0 spiro atoms. The molecule has 30 heavy (non-hydrogen) atoms. The standard InChI is InChI=1S/C22H15N3O5/c26-19-15-6-2-4-8-18(15)30-12-16(19)20-23-17-7-3-1-5-14(17)22(28)25(20)24-21(27)13-9-10-29-11-13/h1-12,20,23H,(H,24,27). The van der Waals surface area contributed by atoms with Gasteiger partial charge in [-0.3, -0.25) is 19.8 Å². The SMILES string of the molecule is O=C(NN1C(=O)c2ccccc2NC1c1coc2ccccc2c1=O)c1ccoc1. The average Bonchev–Trinajstić information content (AvgIpc) is 3.31. The zero-order valence-electron chi connectivity index (χ0n) is 15.5. The number of nitrogens with one attached hydrogen (secondary N) is 2. The first-order valence-corrected chi connectivity index (χ1v) is 9.16. The van der Waals surface area contributed by atoms with Gasteiger partial charge in [-0.2, -0.15) is 0 Å². The first-order valence-electron chi connectivity index (χ1n) is 9.16. The third-order valence-corrected chi connectivity index (χ3v) is 4.93. The number of hydrazine groups is 1. The highest BCUT2D eigenvalue weighted by Crippen LogP contribution is 2.31. The Kier molecular flexibility index (Phi) is 4.10. The number of fused-ring (bicyclic) bond motifs is 2. The van der Waals surface area contributed by atoms with Crippen molar-refractivity contribution in [1.82, 2.24) is 10.4 Å². The van der Waals surface area contributed by atoms with Crippen molar-refractivity contribution in [3.05, 3.63) is 100 Å². The lowest BCUT2D eigenvalue weighted by atomic mass is 10.0. The van der Waals surface area contributed by atoms with E-state index >= 15 is 0 Å². The van der Waals surface area contributed by atoms with Crippen LogP contribution in [-0.2, 0) is 0 Å². The second-order valence-corrected chi connectivity index (χ2v) is 6.74. The van der Waals surface area contributed by atoms with Crippen molar-refractivity contribution in [3.8, 4) is 0 Å². The summed E-state index contributed by atoms with van der Waals surface area (Å²) in [6.07, 6.45) is 2.96. The van der Waals surface area contributed by atoms with Crippen LogP contribution >= 0.6 is 0 Å². The molecule has 2 aromatic carbocycles. The molecule has 1 aliphatic rings. The molecule has 1 atom stereocenters. The van der Waals surface area contributed by atoms with E-state index in [4.69, 9.17) is 8.83 Å². The molecule has 2 aromatic heterocycles. The molecule has 2 amide bonds. The van der Waals surface area contributed by atoms with Crippen LogP contribution in [-0.4, -0.2) is 16.8 Å². The number of rotatable bonds is 3. The predicted octanol–water partition coefficient (Wildman–Crippen LogP) is 3.30. The van der Waals surface area contributed by atoms with E-state index in [2.05, 4.69) is 10.7 Å². The van der Waals surface area contributed by atoms with Crippen LogP contribution in [0.25, 0.3) is 11.0 Å². The minimum Gasteiger partial charge on any atom is -0.472 e. The largest absolute Gasteiger partial charge is 0.472 e. The van der Waals surface area contributed by atoms with Gasteiger partial charge in [0.15, 0.2) is 11.6 Å². The zero-order chi connectivity index (χ0) is 20.7. The number of hydrogen-bond acceptors (Lipinski definition) is 6. The Hall–Kier alpha value is -4.33. The topological polar surface area (TPSA) is 105 Å². The van der Waals surface area contributed by atoms with E-state index < -0.39 is 18.0 Å². The Morgan fingerprint density at radius 3 is 2.63 bits per heavy atom. The van der Waals surface area contributed by atoms with Gasteiger partial charge in [-0.05, 0) is 30.3 Å². The number of anilines is 1. The molecule has 0 saturated heterocycles. The van der Waals surface area contributed by atoms with Crippen molar-refractivity contribution >= 4 is 28.5 Å². The molecule has 8 heteroatoms. The molecule has 5 rings (SSSR count). The zero-order valence-corrected chi connectivity index (χ0v) is 15.5. The van der Waals surface area contributed by atoms with Crippen molar-refractivity contribution in [1.29, 1.82) is 0 Å². The van der Waals surface area contributed by atoms with Gasteiger partial charge in [-0.1, -0.05) is 24.3 Å². The Morgan fingerprint density at radius 2 is 1.80 bits per heavy atom. The first kappa shape index (κ1) is 17.7. The Morgan fingerprint density at radius 1 is 1.00 bits per heavy atom. The van der Waals surface area contributed by atoms with E-state index in [0.29, 0.717) is 22.2 Å².